The minimum Gasteiger partial charge on any atom is -0.466 e. The Hall–Kier alpha value is -0.990. The van der Waals surface area contributed by atoms with E-state index >= 15 is 0 Å². The molecule has 7 nitrogen and oxygen atoms in total. The van der Waals surface area contributed by atoms with Crippen molar-refractivity contribution in [2.75, 3.05) is 13.7 Å². The van der Waals surface area contributed by atoms with Crippen LogP contribution in [-0.4, -0.2) is 69.1 Å². The second-order valence-electron chi connectivity index (χ2n) is 7.10. The number of methoxy groups -OCH3 is 1. The van der Waals surface area contributed by atoms with Crippen molar-refractivity contribution in [1.82, 2.24) is 0 Å². The Morgan fingerprint density at radius 1 is 1.35 bits per heavy atom. The molecule has 0 heterocycles. The summed E-state index contributed by atoms with van der Waals surface area (Å²) in [5.74, 6) is -2.68. The average Bonchev–Trinajstić information content (AvgIpc) is 2.49. The predicted molar refractivity (Wildman–Crippen MR) is 80.2 cm³/mol. The maximum atomic E-state index is 11.7. The summed E-state index contributed by atoms with van der Waals surface area (Å²) in [6, 6.07) is 0. The van der Waals surface area contributed by atoms with E-state index in [2.05, 4.69) is 11.3 Å². The van der Waals surface area contributed by atoms with Crippen LogP contribution in [0.4, 0.5) is 0 Å². The molecule has 0 spiro atoms. The van der Waals surface area contributed by atoms with Gasteiger partial charge in [-0.05, 0) is 19.3 Å². The first-order valence-corrected chi connectivity index (χ1v) is 7.77. The molecule has 2 saturated carbocycles. The number of aliphatic hydroxyl groups is 5. The Kier molecular flexibility index (Phi) is 4.90. The topological polar surface area (TPSA) is 127 Å². The van der Waals surface area contributed by atoms with Crippen LogP contribution in [0.15, 0.2) is 12.2 Å². The van der Waals surface area contributed by atoms with Crippen LogP contribution in [0.3, 0.4) is 0 Å². The second kappa shape index (κ2) is 6.14. The van der Waals surface area contributed by atoms with Gasteiger partial charge in [-0.2, -0.15) is 0 Å². The molecule has 0 aromatic carbocycles. The van der Waals surface area contributed by atoms with Crippen molar-refractivity contribution >= 4 is 5.97 Å². The quantitative estimate of drug-likeness (QED) is 0.330. The lowest BCUT2D eigenvalue weighted by Gasteiger charge is -2.59. The van der Waals surface area contributed by atoms with E-state index in [0.29, 0.717) is 0 Å². The molecule has 0 radical (unpaired) electrons. The summed E-state index contributed by atoms with van der Waals surface area (Å²) >= 11 is 0. The van der Waals surface area contributed by atoms with Gasteiger partial charge in [0.1, 0.15) is 0 Å². The number of fused-ring (bicyclic) bond motifs is 1. The number of hydrogen-bond donors (Lipinski definition) is 5. The number of carbonyl (C=O) groups is 1. The van der Waals surface area contributed by atoms with Crippen LogP contribution < -0.4 is 0 Å². The Bertz CT molecular complexity index is 493. The van der Waals surface area contributed by atoms with Crippen molar-refractivity contribution in [3.63, 3.8) is 0 Å². The minimum atomic E-state index is -1.60. The van der Waals surface area contributed by atoms with E-state index in [1.807, 2.05) is 0 Å². The van der Waals surface area contributed by atoms with Crippen LogP contribution in [0.25, 0.3) is 0 Å². The number of ether oxygens (including phenoxy) is 1. The summed E-state index contributed by atoms with van der Waals surface area (Å²) < 4.78 is 4.60. The molecular formula is C16H26O7. The van der Waals surface area contributed by atoms with Gasteiger partial charge in [0.15, 0.2) is 0 Å². The van der Waals surface area contributed by atoms with E-state index in [9.17, 15) is 30.3 Å². The van der Waals surface area contributed by atoms with Gasteiger partial charge in [0, 0.05) is 22.8 Å². The third-order valence-corrected chi connectivity index (χ3v) is 5.80. The molecule has 5 N–H and O–H groups in total. The Morgan fingerprint density at radius 2 is 1.96 bits per heavy atom. The van der Waals surface area contributed by atoms with Gasteiger partial charge in [-0.1, -0.05) is 13.5 Å². The van der Waals surface area contributed by atoms with Gasteiger partial charge in [-0.3, -0.25) is 0 Å². The number of aliphatic hydroxyl groups excluding tert-OH is 4. The van der Waals surface area contributed by atoms with Gasteiger partial charge < -0.3 is 30.3 Å². The molecule has 0 aromatic rings. The zero-order chi connectivity index (χ0) is 17.6. The fourth-order valence-corrected chi connectivity index (χ4v) is 4.56. The molecule has 7 atom stereocenters. The van der Waals surface area contributed by atoms with Crippen LogP contribution >= 0.6 is 0 Å². The van der Waals surface area contributed by atoms with Crippen molar-refractivity contribution in [2.24, 2.45) is 17.3 Å². The largest absolute Gasteiger partial charge is 0.466 e. The number of esters is 1. The highest BCUT2D eigenvalue weighted by Gasteiger charge is 2.63. The highest BCUT2D eigenvalue weighted by molar-refractivity contribution is 5.88. The SMILES string of the molecule is C=C(C(=O)OC)[C@@H]1[C@H](O)[C@@H]2[C@](O)(CO)CC[C@H](O)[C@@]2(C)C[C@H]1O. The third-order valence-electron chi connectivity index (χ3n) is 5.80. The first-order valence-electron chi connectivity index (χ1n) is 7.77. The lowest BCUT2D eigenvalue weighted by atomic mass is 9.50. The summed E-state index contributed by atoms with van der Waals surface area (Å²) in [5, 5.41) is 52.0. The monoisotopic (exact) mass is 330 g/mol. The molecule has 0 aliphatic heterocycles. The minimum absolute atomic E-state index is 0.0683. The summed E-state index contributed by atoms with van der Waals surface area (Å²) in [7, 11) is 1.17. The Morgan fingerprint density at radius 3 is 2.48 bits per heavy atom. The van der Waals surface area contributed by atoms with Gasteiger partial charge >= 0.3 is 5.97 Å². The van der Waals surface area contributed by atoms with Gasteiger partial charge in [0.05, 0.1) is 37.6 Å². The van der Waals surface area contributed by atoms with E-state index < -0.39 is 53.7 Å². The molecule has 0 unspecified atom stereocenters. The lowest BCUT2D eigenvalue weighted by molar-refractivity contribution is -0.246. The molecule has 2 rings (SSSR count). The summed E-state index contributed by atoms with van der Waals surface area (Å²) in [6.45, 7) is 4.70. The van der Waals surface area contributed by atoms with Crippen molar-refractivity contribution in [3.05, 3.63) is 12.2 Å². The van der Waals surface area contributed by atoms with E-state index in [1.54, 1.807) is 6.92 Å². The molecule has 132 valence electrons. The standard InChI is InChI=1S/C16H26O7/c1-8(14(21)23-3)11-9(18)6-15(2)10(19)4-5-16(22,7-17)13(15)12(11)20/h9-13,17-20,22H,1,4-7H2,2-3H3/t9-,10+,11+,12+,13+,15-,16-/m1/s1. The molecule has 2 aliphatic rings. The fraction of sp³-hybridized carbons (Fsp3) is 0.812. The van der Waals surface area contributed by atoms with E-state index in [1.165, 1.54) is 7.11 Å². The molecule has 0 saturated heterocycles. The smallest absolute Gasteiger partial charge is 0.333 e. The van der Waals surface area contributed by atoms with Crippen molar-refractivity contribution in [1.29, 1.82) is 0 Å². The van der Waals surface area contributed by atoms with Gasteiger partial charge in [0.25, 0.3) is 0 Å². The molecule has 7 heteroatoms. The van der Waals surface area contributed by atoms with E-state index in [-0.39, 0.29) is 24.8 Å². The summed E-state index contributed by atoms with van der Waals surface area (Å²) in [4.78, 5) is 11.7. The summed E-state index contributed by atoms with van der Waals surface area (Å²) in [6.07, 6.45) is -2.85. The molecule has 2 fully saturated rings. The highest BCUT2D eigenvalue weighted by atomic mass is 16.5. The maximum Gasteiger partial charge on any atom is 0.333 e. The highest BCUT2D eigenvalue weighted by Crippen LogP contribution is 2.56. The van der Waals surface area contributed by atoms with Crippen molar-refractivity contribution in [2.45, 2.75) is 50.1 Å². The Balaban J connectivity index is 2.44. The maximum absolute atomic E-state index is 11.7. The zero-order valence-electron chi connectivity index (χ0n) is 13.5. The van der Waals surface area contributed by atoms with Gasteiger partial charge in [-0.25, -0.2) is 4.79 Å². The van der Waals surface area contributed by atoms with E-state index in [0.717, 1.165) is 0 Å². The molecule has 0 amide bonds. The molecule has 23 heavy (non-hydrogen) atoms. The van der Waals surface area contributed by atoms with Crippen LogP contribution in [0.1, 0.15) is 26.2 Å². The van der Waals surface area contributed by atoms with E-state index in [4.69, 9.17) is 0 Å². The van der Waals surface area contributed by atoms with Crippen LogP contribution in [0.2, 0.25) is 0 Å². The average molecular weight is 330 g/mol. The second-order valence-corrected chi connectivity index (χ2v) is 7.10. The number of carbonyl (C=O) groups excluding carboxylic acids is 1. The van der Waals surface area contributed by atoms with Crippen molar-refractivity contribution < 1.29 is 35.1 Å². The van der Waals surface area contributed by atoms with Crippen LogP contribution in [-0.2, 0) is 9.53 Å². The predicted octanol–water partition coefficient (Wildman–Crippen LogP) is -1.04. The lowest BCUT2D eigenvalue weighted by Crippen LogP contribution is -2.67. The first-order chi connectivity index (χ1) is 10.6. The van der Waals surface area contributed by atoms with Crippen molar-refractivity contribution in [3.8, 4) is 0 Å². The molecule has 0 bridgehead atoms. The number of rotatable bonds is 3. The van der Waals surface area contributed by atoms with Crippen LogP contribution in [0, 0.1) is 17.3 Å². The Labute approximate surface area is 135 Å². The van der Waals surface area contributed by atoms with Gasteiger partial charge in [0.2, 0.25) is 0 Å². The van der Waals surface area contributed by atoms with Crippen LogP contribution in [0.5, 0.6) is 0 Å². The number of hydrogen-bond acceptors (Lipinski definition) is 7. The summed E-state index contributed by atoms with van der Waals surface area (Å²) in [5.41, 5.74) is -2.67. The molecule has 2 aliphatic carbocycles. The normalized spacial score (nSPS) is 46.8. The zero-order valence-corrected chi connectivity index (χ0v) is 13.5. The molecule has 0 aromatic heterocycles. The first kappa shape index (κ1) is 18.4. The molecular weight excluding hydrogens is 304 g/mol. The fourth-order valence-electron chi connectivity index (χ4n) is 4.56. The van der Waals surface area contributed by atoms with Gasteiger partial charge in [-0.15, -0.1) is 0 Å². The third kappa shape index (κ3) is 2.70.